The summed E-state index contributed by atoms with van der Waals surface area (Å²) in [6, 6.07) is 0. The number of alkyl halides is 6. The van der Waals surface area contributed by atoms with Gasteiger partial charge in [0.15, 0.2) is 11.4 Å². The predicted molar refractivity (Wildman–Crippen MR) is 50.8 cm³/mol. The Bertz CT molecular complexity index is 526. The molecule has 0 atom stereocenters. The Kier molecular flexibility index (Phi) is 4.12. The second-order valence-electron chi connectivity index (χ2n) is 3.39. The summed E-state index contributed by atoms with van der Waals surface area (Å²) < 4.78 is 78.0. The summed E-state index contributed by atoms with van der Waals surface area (Å²) in [5, 5.41) is 8.61. The van der Waals surface area contributed by atoms with Crippen LogP contribution in [-0.4, -0.2) is 22.4 Å². The minimum absolute atomic E-state index is 0.440. The van der Waals surface area contributed by atoms with E-state index in [9.17, 15) is 31.1 Å². The summed E-state index contributed by atoms with van der Waals surface area (Å²) in [6.07, 6.45) is -10.4. The number of halogens is 6. The maximum Gasteiger partial charge on any atom is 0.573 e. The van der Waals surface area contributed by atoms with Crippen LogP contribution in [0.5, 0.6) is 5.75 Å². The molecular formula is C9H6F6N2O3. The van der Waals surface area contributed by atoms with Gasteiger partial charge in [-0.05, 0) is 0 Å². The lowest BCUT2D eigenvalue weighted by Crippen LogP contribution is -2.24. The van der Waals surface area contributed by atoms with Crippen LogP contribution in [0.25, 0.3) is 0 Å². The monoisotopic (exact) mass is 304 g/mol. The van der Waals surface area contributed by atoms with E-state index in [-0.39, 0.29) is 0 Å². The Morgan fingerprint density at radius 2 is 1.85 bits per heavy atom. The zero-order valence-electron chi connectivity index (χ0n) is 9.34. The Balaban J connectivity index is 3.65. The number of aromatic carboxylic acids is 1. The van der Waals surface area contributed by atoms with Gasteiger partial charge in [0, 0.05) is 18.3 Å². The van der Waals surface area contributed by atoms with Crippen molar-refractivity contribution in [2.45, 2.75) is 19.1 Å². The van der Waals surface area contributed by atoms with E-state index >= 15 is 0 Å². The van der Waals surface area contributed by atoms with Gasteiger partial charge >= 0.3 is 18.5 Å². The fraction of sp³-hybridized carbons (Fsp3) is 0.333. The average molecular weight is 304 g/mol. The number of rotatable bonds is 3. The molecule has 0 aliphatic rings. The molecule has 0 aromatic carbocycles. The smallest absolute Gasteiger partial charge is 0.476 e. The van der Waals surface area contributed by atoms with Crippen LogP contribution >= 0.6 is 0 Å². The Morgan fingerprint density at radius 1 is 1.30 bits per heavy atom. The lowest BCUT2D eigenvalue weighted by molar-refractivity contribution is -0.276. The third-order valence-electron chi connectivity index (χ3n) is 2.04. The normalized spacial score (nSPS) is 12.3. The molecule has 1 heterocycles. The third kappa shape index (κ3) is 3.50. The molecule has 0 spiro atoms. The lowest BCUT2D eigenvalue weighted by atomic mass is 10.1. The van der Waals surface area contributed by atoms with Gasteiger partial charge in [-0.15, -0.1) is 13.2 Å². The van der Waals surface area contributed by atoms with Crippen molar-refractivity contribution in [1.29, 1.82) is 0 Å². The van der Waals surface area contributed by atoms with Crippen LogP contribution < -0.4 is 10.5 Å². The highest BCUT2D eigenvalue weighted by atomic mass is 19.4. The number of nitrogens with two attached hydrogens (primary N) is 1. The number of pyridine rings is 1. The molecular weight excluding hydrogens is 298 g/mol. The topological polar surface area (TPSA) is 85.4 Å². The highest BCUT2D eigenvalue weighted by molar-refractivity contribution is 5.89. The Morgan fingerprint density at radius 3 is 2.20 bits per heavy atom. The number of aromatic nitrogens is 1. The number of nitrogens with zero attached hydrogens (tertiary/aromatic N) is 1. The molecule has 5 nitrogen and oxygen atoms in total. The molecule has 112 valence electrons. The number of hydrogen-bond acceptors (Lipinski definition) is 4. The molecule has 0 amide bonds. The molecule has 0 saturated carbocycles. The summed E-state index contributed by atoms with van der Waals surface area (Å²) in [5.74, 6) is -4.03. The van der Waals surface area contributed by atoms with Crippen molar-refractivity contribution in [2.75, 3.05) is 0 Å². The summed E-state index contributed by atoms with van der Waals surface area (Å²) in [5.41, 5.74) is 0.744. The van der Waals surface area contributed by atoms with Crippen molar-refractivity contribution in [2.24, 2.45) is 5.73 Å². The first-order chi connectivity index (χ1) is 8.97. The first-order valence-corrected chi connectivity index (χ1v) is 4.75. The molecule has 1 aromatic heterocycles. The van der Waals surface area contributed by atoms with E-state index < -0.39 is 47.6 Å². The van der Waals surface area contributed by atoms with Crippen LogP contribution in [0.15, 0.2) is 6.20 Å². The lowest BCUT2D eigenvalue weighted by Gasteiger charge is -2.19. The Hall–Kier alpha value is -2.04. The molecule has 0 aliphatic carbocycles. The number of carboxylic acid groups (broad SMARTS) is 1. The average Bonchev–Trinajstić information content (AvgIpc) is 2.23. The van der Waals surface area contributed by atoms with E-state index in [4.69, 9.17) is 10.8 Å². The van der Waals surface area contributed by atoms with Crippen LogP contribution in [0.3, 0.4) is 0 Å². The van der Waals surface area contributed by atoms with Gasteiger partial charge in [0.2, 0.25) is 0 Å². The third-order valence-corrected chi connectivity index (χ3v) is 2.04. The van der Waals surface area contributed by atoms with Gasteiger partial charge in [0.1, 0.15) is 5.56 Å². The highest BCUT2D eigenvalue weighted by Crippen LogP contribution is 2.41. The van der Waals surface area contributed by atoms with Crippen LogP contribution in [0.1, 0.15) is 21.6 Å². The Labute approximate surface area is 107 Å². The van der Waals surface area contributed by atoms with Gasteiger partial charge in [-0.3, -0.25) is 0 Å². The molecule has 0 unspecified atom stereocenters. The van der Waals surface area contributed by atoms with Crippen molar-refractivity contribution < 1.29 is 41.0 Å². The van der Waals surface area contributed by atoms with E-state index in [0.717, 1.165) is 0 Å². The summed E-state index contributed by atoms with van der Waals surface area (Å²) in [6.45, 7) is -0.796. The maximum atomic E-state index is 12.8. The molecule has 0 bridgehead atoms. The number of hydrogen-bond donors (Lipinski definition) is 2. The first kappa shape index (κ1) is 16.0. The zero-order valence-corrected chi connectivity index (χ0v) is 9.34. The van der Waals surface area contributed by atoms with Crippen LogP contribution in [0.2, 0.25) is 0 Å². The van der Waals surface area contributed by atoms with Crippen molar-refractivity contribution in [3.8, 4) is 5.75 Å². The minimum atomic E-state index is -5.51. The van der Waals surface area contributed by atoms with Gasteiger partial charge < -0.3 is 15.6 Å². The van der Waals surface area contributed by atoms with E-state index in [1.165, 1.54) is 0 Å². The molecule has 11 heteroatoms. The van der Waals surface area contributed by atoms with Gasteiger partial charge in [0.25, 0.3) is 0 Å². The molecule has 0 fully saturated rings. The van der Waals surface area contributed by atoms with Crippen LogP contribution in [0, 0.1) is 0 Å². The SMILES string of the molecule is NCc1cnc(C(=O)O)c(OC(F)(F)F)c1C(F)(F)F. The quantitative estimate of drug-likeness (QED) is 0.836. The molecule has 20 heavy (non-hydrogen) atoms. The summed E-state index contributed by atoms with van der Waals surface area (Å²) in [4.78, 5) is 13.7. The van der Waals surface area contributed by atoms with Gasteiger partial charge in [-0.1, -0.05) is 0 Å². The molecule has 1 rings (SSSR count). The molecule has 0 saturated heterocycles. The summed E-state index contributed by atoms with van der Waals surface area (Å²) in [7, 11) is 0. The van der Waals surface area contributed by atoms with Gasteiger partial charge in [0.05, 0.1) is 0 Å². The fourth-order valence-corrected chi connectivity index (χ4v) is 1.36. The molecule has 0 aliphatic heterocycles. The minimum Gasteiger partial charge on any atom is -0.476 e. The predicted octanol–water partition coefficient (Wildman–Crippen LogP) is 2.16. The largest absolute Gasteiger partial charge is 0.573 e. The standard InChI is InChI=1S/C9H6F6N2O3/c10-8(11,12)4-3(1-16)2-17-5(7(18)19)6(4)20-9(13,14)15/h2H,1,16H2,(H,18,19). The van der Waals surface area contributed by atoms with E-state index in [1.54, 1.807) is 0 Å². The number of carboxylic acids is 1. The molecule has 1 aromatic rings. The van der Waals surface area contributed by atoms with Gasteiger partial charge in [-0.2, -0.15) is 13.2 Å². The highest BCUT2D eigenvalue weighted by Gasteiger charge is 2.43. The van der Waals surface area contributed by atoms with Crippen molar-refractivity contribution in [3.63, 3.8) is 0 Å². The van der Waals surface area contributed by atoms with Crippen molar-refractivity contribution >= 4 is 5.97 Å². The number of carbonyl (C=O) groups is 1. The first-order valence-electron chi connectivity index (χ1n) is 4.75. The van der Waals surface area contributed by atoms with Crippen LogP contribution in [0.4, 0.5) is 26.3 Å². The van der Waals surface area contributed by atoms with E-state index in [2.05, 4.69) is 9.72 Å². The van der Waals surface area contributed by atoms with E-state index in [0.29, 0.717) is 6.20 Å². The van der Waals surface area contributed by atoms with Crippen molar-refractivity contribution in [3.05, 3.63) is 23.0 Å². The summed E-state index contributed by atoms with van der Waals surface area (Å²) >= 11 is 0. The zero-order chi connectivity index (χ0) is 15.7. The molecule has 0 radical (unpaired) electrons. The number of ether oxygens (including phenoxy) is 1. The fourth-order valence-electron chi connectivity index (χ4n) is 1.36. The van der Waals surface area contributed by atoms with Gasteiger partial charge in [-0.25, -0.2) is 9.78 Å². The van der Waals surface area contributed by atoms with E-state index in [1.807, 2.05) is 0 Å². The van der Waals surface area contributed by atoms with Crippen LogP contribution in [-0.2, 0) is 12.7 Å². The van der Waals surface area contributed by atoms with Crippen molar-refractivity contribution in [1.82, 2.24) is 4.98 Å². The second kappa shape index (κ2) is 5.15. The molecule has 3 N–H and O–H groups in total. The maximum absolute atomic E-state index is 12.8. The second-order valence-corrected chi connectivity index (χ2v) is 3.39.